The molecule has 0 radical (unpaired) electrons. The Bertz CT molecular complexity index is 1900. The molecule has 0 saturated carbocycles. The van der Waals surface area contributed by atoms with E-state index in [0.717, 1.165) is 12.1 Å². The van der Waals surface area contributed by atoms with Crippen molar-refractivity contribution in [3.05, 3.63) is 29.4 Å². The van der Waals surface area contributed by atoms with Crippen LogP contribution >= 0.6 is 11.3 Å². The number of hydrogen-bond acceptors (Lipinski definition) is 16. The zero-order chi connectivity index (χ0) is 44.6. The Hall–Kier alpha value is -3.45. The van der Waals surface area contributed by atoms with Crippen molar-refractivity contribution in [1.29, 1.82) is 0 Å². The fourth-order valence-electron chi connectivity index (χ4n) is 10.1. The molecule has 0 spiro atoms. The molecule has 2 bridgehead atoms. The number of rotatable bonds is 11. The van der Waals surface area contributed by atoms with Crippen LogP contribution in [0, 0.1) is 35.5 Å². The monoisotopic (exact) mass is 870 g/mol. The highest BCUT2D eigenvalue weighted by molar-refractivity contribution is 7.14. The molecule has 17 heteroatoms. The van der Waals surface area contributed by atoms with Crippen molar-refractivity contribution in [1.82, 2.24) is 20.1 Å². The highest BCUT2D eigenvalue weighted by Crippen LogP contribution is 2.52. The maximum atomic E-state index is 14.3. The number of carbonyl (C=O) groups excluding carboxylic acids is 2. The molecule has 6 rings (SSSR count). The lowest BCUT2D eigenvalue weighted by molar-refractivity contribution is -0.301. The van der Waals surface area contributed by atoms with E-state index >= 15 is 0 Å². The summed E-state index contributed by atoms with van der Waals surface area (Å²) < 4.78 is 32.2. The Labute approximate surface area is 363 Å². The highest BCUT2D eigenvalue weighted by Gasteiger charge is 2.65. The molecule has 6 heterocycles. The van der Waals surface area contributed by atoms with Gasteiger partial charge in [0.2, 0.25) is 0 Å². The van der Waals surface area contributed by atoms with E-state index in [0.29, 0.717) is 41.4 Å². The third kappa shape index (κ3) is 9.30. The first-order valence-corrected chi connectivity index (χ1v) is 22.6. The van der Waals surface area contributed by atoms with Crippen LogP contribution in [0.1, 0.15) is 106 Å². The van der Waals surface area contributed by atoms with Crippen LogP contribution in [0.15, 0.2) is 34.5 Å². The molecule has 61 heavy (non-hydrogen) atoms. The maximum absolute atomic E-state index is 14.3. The molecule has 2 aromatic heterocycles. The molecule has 16 nitrogen and oxygen atoms in total. The van der Waals surface area contributed by atoms with Crippen LogP contribution in [0.25, 0.3) is 10.7 Å². The highest BCUT2D eigenvalue weighted by atomic mass is 32.1. The third-order valence-corrected chi connectivity index (χ3v) is 14.6. The first-order chi connectivity index (χ1) is 28.9. The summed E-state index contributed by atoms with van der Waals surface area (Å²) in [6.45, 7) is 17.0. The number of nitrogens with zero attached hydrogens (tertiary/aromatic N) is 6. The Morgan fingerprint density at radius 2 is 1.80 bits per heavy atom. The predicted octanol–water partition coefficient (Wildman–Crippen LogP) is 5.62. The summed E-state index contributed by atoms with van der Waals surface area (Å²) in [5, 5.41) is 38.1. The molecule has 0 amide bonds. The summed E-state index contributed by atoms with van der Waals surface area (Å²) in [5.74, 6) is -4.81. The van der Waals surface area contributed by atoms with E-state index < -0.39 is 83.6 Å². The van der Waals surface area contributed by atoms with Gasteiger partial charge in [-0.3, -0.25) is 14.6 Å². The van der Waals surface area contributed by atoms with Crippen molar-refractivity contribution >= 4 is 34.8 Å². The molecule has 1 unspecified atom stereocenters. The molecule has 4 aliphatic rings. The van der Waals surface area contributed by atoms with E-state index in [4.69, 9.17) is 33.5 Å². The number of ether oxygens (including phenoxy) is 5. The molecule has 4 aliphatic heterocycles. The second kappa shape index (κ2) is 19.1. The summed E-state index contributed by atoms with van der Waals surface area (Å²) in [6.07, 6.45) is -1.56. The van der Waals surface area contributed by atoms with Gasteiger partial charge in [-0.15, -0.1) is 10.2 Å². The van der Waals surface area contributed by atoms with E-state index in [1.807, 2.05) is 71.8 Å². The number of aromatic nitrogens is 3. The number of esters is 2. The molecule has 3 fully saturated rings. The fraction of sp³-hybridized carbons (Fsp3) is 0.750. The summed E-state index contributed by atoms with van der Waals surface area (Å²) in [4.78, 5) is 46.1. The molecule has 338 valence electrons. The van der Waals surface area contributed by atoms with Crippen molar-refractivity contribution in [2.75, 3.05) is 21.2 Å². The van der Waals surface area contributed by atoms with Gasteiger partial charge >= 0.3 is 11.9 Å². The smallest absolute Gasteiger partial charge is 0.317 e. The summed E-state index contributed by atoms with van der Waals surface area (Å²) in [7, 11) is 5.41. The van der Waals surface area contributed by atoms with E-state index in [-0.39, 0.29) is 29.8 Å². The normalized spacial score (nSPS) is 39.6. The lowest BCUT2D eigenvalue weighted by Gasteiger charge is -2.49. The minimum Gasteiger partial charge on any atom is -0.458 e. The van der Waals surface area contributed by atoms with Crippen LogP contribution in [-0.4, -0.2) is 129 Å². The number of oxime groups is 1. The zero-order valence-electron chi connectivity index (χ0n) is 37.7. The first kappa shape index (κ1) is 47.0. The second-order valence-electron chi connectivity index (χ2n) is 18.1. The molecular formula is C44H66N6O10S. The average molecular weight is 871 g/mol. The first-order valence-electron chi connectivity index (χ1n) is 21.8. The number of pyridine rings is 1. The summed E-state index contributed by atoms with van der Waals surface area (Å²) in [5.41, 5.74) is -0.953. The molecule has 2 N–H and O–H groups in total. The van der Waals surface area contributed by atoms with Gasteiger partial charge in [0.05, 0.1) is 29.8 Å². The van der Waals surface area contributed by atoms with Gasteiger partial charge in [0.15, 0.2) is 33.8 Å². The van der Waals surface area contributed by atoms with Gasteiger partial charge in [0.1, 0.15) is 23.8 Å². The van der Waals surface area contributed by atoms with Crippen molar-refractivity contribution < 1.29 is 48.3 Å². The fourth-order valence-corrected chi connectivity index (χ4v) is 10.9. The van der Waals surface area contributed by atoms with Crippen LogP contribution in [0.4, 0.5) is 0 Å². The zero-order valence-corrected chi connectivity index (χ0v) is 38.5. The number of amidine groups is 1. The van der Waals surface area contributed by atoms with E-state index in [9.17, 15) is 19.8 Å². The number of aliphatic imine (C=N–C) groups is 1. The quantitative estimate of drug-likeness (QED) is 0.209. The second-order valence-corrected chi connectivity index (χ2v) is 19.1. The number of cyclic esters (lactones) is 1. The Morgan fingerprint density at radius 1 is 1.07 bits per heavy atom. The van der Waals surface area contributed by atoms with E-state index in [1.54, 1.807) is 27.2 Å². The largest absolute Gasteiger partial charge is 0.458 e. The minimum atomic E-state index is -1.28. The van der Waals surface area contributed by atoms with Crippen molar-refractivity contribution in [2.45, 2.75) is 155 Å². The lowest BCUT2D eigenvalue weighted by Crippen LogP contribution is -2.60. The number of hydrogen-bond donors (Lipinski definition) is 2. The molecule has 0 aliphatic carbocycles. The van der Waals surface area contributed by atoms with Crippen LogP contribution in [0.3, 0.4) is 0 Å². The SMILES string of the molecule is CCC[C@H]1C2=N/C(=N\O[C@@H](C)c3nnc(-c4ccccn4)s3)[C@@H]3C(=O)O[C@@](C)([C@@H]13)[C@H](CC)OC(=O)[C@H](C)[C@H](O)[C@H](C)[C@@H](OC1O[C@H](C)C[C@H](N(C)C)[C@H]1O)[C@](C)(OC)C[C@H]2C. The van der Waals surface area contributed by atoms with Gasteiger partial charge in [-0.1, -0.05) is 56.7 Å². The molecule has 3 saturated heterocycles. The Morgan fingerprint density at radius 3 is 2.44 bits per heavy atom. The minimum absolute atomic E-state index is 0.161. The average Bonchev–Trinajstić information content (AvgIpc) is 3.84. The van der Waals surface area contributed by atoms with E-state index in [1.165, 1.54) is 11.3 Å². The van der Waals surface area contributed by atoms with Crippen LogP contribution in [0.2, 0.25) is 0 Å². The number of aliphatic hydroxyl groups is 2. The van der Waals surface area contributed by atoms with Crippen LogP contribution < -0.4 is 0 Å². The maximum Gasteiger partial charge on any atom is 0.317 e. The topological polar surface area (TPSA) is 197 Å². The molecule has 16 atom stereocenters. The number of fused-ring (bicyclic) bond motifs is 1. The van der Waals surface area contributed by atoms with Gasteiger partial charge in [-0.2, -0.15) is 0 Å². The van der Waals surface area contributed by atoms with Gasteiger partial charge in [-0.05, 0) is 92.4 Å². The van der Waals surface area contributed by atoms with Crippen molar-refractivity contribution in [3.8, 4) is 10.7 Å². The standard InChI is InChI=1S/C44H66N6O10S/c1-13-17-27-32-31-37(49-60-26(7)38-47-48-39(61-38)28-18-15-16-19-45-28)46-33(27)22(3)21-43(8,55-12)36(58-42-35(52)29(50(10)11)20-23(4)56-42)24(5)34(51)25(6)40(53)57-30(14-2)44(32,9)59-41(31)54/h15-16,18-19,22-27,29-32,34-36,42,51-52H,13-14,17,20-21H2,1-12H3/b49-37-/t22-,23-,24+,25-,26+,27-,29+,30+,31-,32+,34-,35-,36-,42?,43-,44-/m1/s1. The predicted molar refractivity (Wildman–Crippen MR) is 228 cm³/mol. The molecule has 2 aromatic rings. The lowest BCUT2D eigenvalue weighted by atomic mass is 9.63. The summed E-state index contributed by atoms with van der Waals surface area (Å²) >= 11 is 1.33. The number of likely N-dealkylation sites (N-methyl/N-ethyl adjacent to an activating group) is 1. The van der Waals surface area contributed by atoms with E-state index in [2.05, 4.69) is 34.2 Å². The Balaban J connectivity index is 1.45. The van der Waals surface area contributed by atoms with Crippen molar-refractivity contribution in [2.24, 2.45) is 45.7 Å². The van der Waals surface area contributed by atoms with Gasteiger partial charge < -0.3 is 43.6 Å². The summed E-state index contributed by atoms with van der Waals surface area (Å²) in [6, 6.07) is 5.32. The number of methoxy groups -OCH3 is 1. The van der Waals surface area contributed by atoms with Crippen LogP contribution in [0.5, 0.6) is 0 Å². The van der Waals surface area contributed by atoms with Crippen LogP contribution in [-0.2, 0) is 38.1 Å². The number of carbonyl (C=O) groups is 2. The Kier molecular flexibility index (Phi) is 14.7. The molecule has 0 aromatic carbocycles. The molecular weight excluding hydrogens is 805 g/mol. The van der Waals surface area contributed by atoms with Gasteiger partial charge in [-0.25, -0.2) is 4.99 Å². The third-order valence-electron chi connectivity index (χ3n) is 13.5. The van der Waals surface area contributed by atoms with Gasteiger partial charge in [0, 0.05) is 42.8 Å². The number of aliphatic hydroxyl groups excluding tert-OH is 2. The van der Waals surface area contributed by atoms with Gasteiger partial charge in [0.25, 0.3) is 0 Å². The van der Waals surface area contributed by atoms with Crippen molar-refractivity contribution in [3.63, 3.8) is 0 Å².